The predicted octanol–water partition coefficient (Wildman–Crippen LogP) is 0.507. The molecule has 0 saturated carbocycles. The molecular formula is C18H30ClNO3. The van der Waals surface area contributed by atoms with Crippen molar-refractivity contribution >= 4 is 11.8 Å². The molecule has 1 aromatic carbocycles. The van der Waals surface area contributed by atoms with Crippen molar-refractivity contribution in [1.82, 2.24) is 0 Å². The van der Waals surface area contributed by atoms with Gasteiger partial charge in [-0.15, -0.1) is 0 Å². The van der Waals surface area contributed by atoms with Gasteiger partial charge < -0.3 is 26.8 Å². The summed E-state index contributed by atoms with van der Waals surface area (Å²) in [5.74, 6) is -0.993. The third-order valence-corrected chi connectivity index (χ3v) is 4.06. The zero-order chi connectivity index (χ0) is 17.0. The lowest BCUT2D eigenvalue weighted by molar-refractivity contribution is -0.936. The Hall–Kier alpha value is -1.39. The van der Waals surface area contributed by atoms with Crippen LogP contribution in [0.25, 0.3) is 0 Å². The van der Waals surface area contributed by atoms with Crippen LogP contribution in [-0.2, 0) is 16.1 Å². The van der Waals surface area contributed by atoms with Crippen molar-refractivity contribution in [1.29, 1.82) is 0 Å². The molecule has 1 aromatic rings. The average molecular weight is 344 g/mol. The molecule has 4 nitrogen and oxygen atoms in total. The molecule has 132 valence electrons. The molecule has 0 unspecified atom stereocenters. The number of hydrogen-bond donors (Lipinski definition) is 1. The summed E-state index contributed by atoms with van der Waals surface area (Å²) >= 11 is 0. The molecule has 0 aliphatic rings. The van der Waals surface area contributed by atoms with Gasteiger partial charge in [0.1, 0.15) is 12.3 Å². The highest BCUT2D eigenvalue weighted by molar-refractivity contribution is 5.80. The van der Waals surface area contributed by atoms with Crippen LogP contribution in [0.4, 0.5) is 0 Å². The zero-order valence-corrected chi connectivity index (χ0v) is 15.5. The van der Waals surface area contributed by atoms with E-state index >= 15 is 0 Å². The van der Waals surface area contributed by atoms with Gasteiger partial charge in [-0.25, -0.2) is 0 Å². The highest BCUT2D eigenvalue weighted by atomic mass is 35.5. The van der Waals surface area contributed by atoms with Crippen LogP contribution in [0, 0.1) is 0 Å². The van der Waals surface area contributed by atoms with Crippen molar-refractivity contribution in [2.45, 2.75) is 47.1 Å². The second kappa shape index (κ2) is 13.1. The van der Waals surface area contributed by atoms with Crippen LogP contribution in [0.3, 0.4) is 0 Å². The fraction of sp³-hybridized carbons (Fsp3) is 0.556. The van der Waals surface area contributed by atoms with Crippen molar-refractivity contribution in [2.24, 2.45) is 0 Å². The molecule has 0 heterocycles. The minimum absolute atomic E-state index is 0. The molecular weight excluding hydrogens is 314 g/mol. The molecule has 0 fully saturated rings. The van der Waals surface area contributed by atoms with Crippen molar-refractivity contribution in [3.05, 3.63) is 35.9 Å². The summed E-state index contributed by atoms with van der Waals surface area (Å²) < 4.78 is 1.20. The minimum atomic E-state index is -0.916. The number of quaternary nitrogens is 1. The number of aliphatic carboxylic acids is 1. The molecule has 1 rings (SSSR count). The third kappa shape index (κ3) is 10.9. The van der Waals surface area contributed by atoms with E-state index in [4.69, 9.17) is 5.11 Å². The molecule has 0 bridgehead atoms. The molecule has 1 N–H and O–H groups in total. The summed E-state index contributed by atoms with van der Waals surface area (Å²) in [6.07, 6.45) is 0.102. The first-order chi connectivity index (χ1) is 10.4. The standard InChI is InChI=1S/C13H22N.C5H8O3.ClH/c1-4-14(5-2,6-3)12-13-10-8-7-9-11-13;1-4(6)2-3-5(7)8;/h7-11H,4-6,12H2,1-3H3;2-3H2,1H3,(H,7,8);1H/q+1;;/p-1. The number of ketones is 1. The molecule has 5 heteroatoms. The summed E-state index contributed by atoms with van der Waals surface area (Å²) in [4.78, 5) is 19.8. The van der Waals surface area contributed by atoms with E-state index in [1.54, 1.807) is 0 Å². The lowest BCUT2D eigenvalue weighted by Crippen LogP contribution is -3.00. The van der Waals surface area contributed by atoms with E-state index in [2.05, 4.69) is 51.1 Å². The molecule has 0 aliphatic heterocycles. The van der Waals surface area contributed by atoms with E-state index in [-0.39, 0.29) is 31.0 Å². The smallest absolute Gasteiger partial charge is 0.303 e. The van der Waals surface area contributed by atoms with Gasteiger partial charge in [-0.3, -0.25) is 4.79 Å². The van der Waals surface area contributed by atoms with Gasteiger partial charge in [0.25, 0.3) is 0 Å². The normalized spacial score (nSPS) is 10.1. The van der Waals surface area contributed by atoms with Crippen molar-refractivity contribution in [3.63, 3.8) is 0 Å². The molecule has 0 amide bonds. The van der Waals surface area contributed by atoms with E-state index in [0.29, 0.717) is 0 Å². The number of benzene rings is 1. The van der Waals surface area contributed by atoms with Crippen LogP contribution >= 0.6 is 0 Å². The Morgan fingerprint density at radius 2 is 1.43 bits per heavy atom. The third-order valence-electron chi connectivity index (χ3n) is 4.06. The molecule has 0 aliphatic carbocycles. The summed E-state index contributed by atoms with van der Waals surface area (Å²) in [6.45, 7) is 13.1. The predicted molar refractivity (Wildman–Crippen MR) is 89.6 cm³/mol. The quantitative estimate of drug-likeness (QED) is 0.700. The van der Waals surface area contributed by atoms with Gasteiger partial charge >= 0.3 is 5.97 Å². The number of halogens is 1. The first-order valence-corrected chi connectivity index (χ1v) is 7.99. The Labute approximate surface area is 146 Å². The molecule has 0 atom stereocenters. The SMILES string of the molecule is CC(=O)CCC(=O)O.CC[N+](CC)(CC)Cc1ccccc1.[Cl-]. The topological polar surface area (TPSA) is 54.4 Å². The molecule has 0 saturated heterocycles. The van der Waals surface area contributed by atoms with Crippen LogP contribution < -0.4 is 12.4 Å². The van der Waals surface area contributed by atoms with Crippen molar-refractivity contribution in [3.8, 4) is 0 Å². The number of carbonyl (C=O) groups excluding carboxylic acids is 1. The fourth-order valence-electron chi connectivity index (χ4n) is 2.26. The second-order valence-electron chi connectivity index (χ2n) is 5.53. The number of hydrogen-bond acceptors (Lipinski definition) is 2. The Bertz CT molecular complexity index is 423. The second-order valence-corrected chi connectivity index (χ2v) is 5.53. The Kier molecular flexibility index (Phi) is 13.6. The van der Waals surface area contributed by atoms with Crippen LogP contribution in [-0.4, -0.2) is 41.0 Å². The van der Waals surface area contributed by atoms with Gasteiger partial charge in [0.15, 0.2) is 0 Å². The number of carboxylic acid groups (broad SMARTS) is 1. The number of nitrogens with zero attached hydrogens (tertiary/aromatic N) is 1. The van der Waals surface area contributed by atoms with E-state index in [1.807, 2.05) is 0 Å². The molecule has 23 heavy (non-hydrogen) atoms. The van der Waals surface area contributed by atoms with Gasteiger partial charge in [-0.2, -0.15) is 0 Å². The number of carboxylic acids is 1. The summed E-state index contributed by atoms with van der Waals surface area (Å²) in [7, 11) is 0. The van der Waals surface area contributed by atoms with E-state index in [1.165, 1.54) is 43.1 Å². The van der Waals surface area contributed by atoms with Crippen LogP contribution in [0.2, 0.25) is 0 Å². The lowest BCUT2D eigenvalue weighted by atomic mass is 10.2. The Balaban J connectivity index is 0. The Morgan fingerprint density at radius 3 is 1.74 bits per heavy atom. The van der Waals surface area contributed by atoms with Gasteiger partial charge in [0, 0.05) is 12.0 Å². The van der Waals surface area contributed by atoms with E-state index in [9.17, 15) is 9.59 Å². The molecule has 0 radical (unpaired) electrons. The zero-order valence-electron chi connectivity index (χ0n) is 14.7. The first kappa shape index (κ1) is 23.9. The maximum atomic E-state index is 10.1. The first-order valence-electron chi connectivity index (χ1n) is 7.99. The van der Waals surface area contributed by atoms with Gasteiger partial charge in [-0.05, 0) is 27.7 Å². The number of carbonyl (C=O) groups is 2. The molecule has 0 aromatic heterocycles. The maximum absolute atomic E-state index is 10.1. The highest BCUT2D eigenvalue weighted by Gasteiger charge is 2.20. The summed E-state index contributed by atoms with van der Waals surface area (Å²) in [6, 6.07) is 10.8. The lowest BCUT2D eigenvalue weighted by Gasteiger charge is -2.35. The van der Waals surface area contributed by atoms with Crippen LogP contribution in [0.1, 0.15) is 46.1 Å². The maximum Gasteiger partial charge on any atom is 0.303 e. The highest BCUT2D eigenvalue weighted by Crippen LogP contribution is 2.13. The van der Waals surface area contributed by atoms with E-state index in [0.717, 1.165) is 0 Å². The van der Waals surface area contributed by atoms with Gasteiger partial charge in [-0.1, -0.05) is 30.3 Å². The van der Waals surface area contributed by atoms with Crippen LogP contribution in [0.5, 0.6) is 0 Å². The average Bonchev–Trinajstić information content (AvgIpc) is 2.52. The minimum Gasteiger partial charge on any atom is -1.00 e. The fourth-order valence-corrected chi connectivity index (χ4v) is 2.26. The van der Waals surface area contributed by atoms with Gasteiger partial charge in [0.05, 0.1) is 26.1 Å². The number of Topliss-reactive ketones (excluding diaryl/α,β-unsaturated/α-hetero) is 1. The van der Waals surface area contributed by atoms with E-state index < -0.39 is 5.97 Å². The van der Waals surface area contributed by atoms with Crippen molar-refractivity contribution in [2.75, 3.05) is 19.6 Å². The van der Waals surface area contributed by atoms with Crippen molar-refractivity contribution < 1.29 is 31.6 Å². The summed E-state index contributed by atoms with van der Waals surface area (Å²) in [5, 5.41) is 8.01. The van der Waals surface area contributed by atoms with Crippen LogP contribution in [0.15, 0.2) is 30.3 Å². The Morgan fingerprint density at radius 1 is 0.957 bits per heavy atom. The monoisotopic (exact) mass is 343 g/mol. The number of rotatable bonds is 8. The van der Waals surface area contributed by atoms with Gasteiger partial charge in [0.2, 0.25) is 0 Å². The molecule has 0 spiro atoms. The largest absolute Gasteiger partial charge is 1.00 e. The summed E-state index contributed by atoms with van der Waals surface area (Å²) in [5.41, 5.74) is 1.46.